The maximum atomic E-state index is 11.7. The highest BCUT2D eigenvalue weighted by molar-refractivity contribution is 5.97. The Labute approximate surface area is 136 Å². The number of nitrogens with zero attached hydrogens (tertiary/aromatic N) is 2. The van der Waals surface area contributed by atoms with Gasteiger partial charge in [0.15, 0.2) is 0 Å². The predicted octanol–water partition coefficient (Wildman–Crippen LogP) is -0.554. The van der Waals surface area contributed by atoms with Crippen molar-refractivity contribution in [2.75, 3.05) is 26.2 Å². The Balaban J connectivity index is 2.40. The van der Waals surface area contributed by atoms with E-state index in [9.17, 15) is 19.2 Å². The lowest BCUT2D eigenvalue weighted by Gasteiger charge is -2.39. The lowest BCUT2D eigenvalue weighted by atomic mass is 10.2. The fourth-order valence-electron chi connectivity index (χ4n) is 2.50. The summed E-state index contributed by atoms with van der Waals surface area (Å²) < 4.78 is 0. The zero-order chi connectivity index (χ0) is 17.4. The number of piperazine rings is 1. The molecule has 2 amide bonds. The zero-order valence-corrected chi connectivity index (χ0v) is 14.1. The molecule has 0 saturated carbocycles. The molecule has 1 rings (SSSR count). The van der Waals surface area contributed by atoms with Crippen LogP contribution in [0, 0.1) is 0 Å². The third-order valence-electron chi connectivity index (χ3n) is 3.57. The number of ketones is 2. The summed E-state index contributed by atoms with van der Waals surface area (Å²) in [4.78, 5) is 47.3. The van der Waals surface area contributed by atoms with Gasteiger partial charge in [0.05, 0.1) is 19.0 Å². The van der Waals surface area contributed by atoms with Crippen molar-refractivity contribution in [2.24, 2.45) is 0 Å². The van der Waals surface area contributed by atoms with Crippen LogP contribution >= 0.6 is 0 Å². The van der Waals surface area contributed by atoms with Crippen LogP contribution in [0.25, 0.3) is 0 Å². The summed E-state index contributed by atoms with van der Waals surface area (Å²) >= 11 is 0. The van der Waals surface area contributed by atoms with Gasteiger partial charge < -0.3 is 5.32 Å². The number of carbonyl (C=O) groups is 4. The second-order valence-corrected chi connectivity index (χ2v) is 5.81. The summed E-state index contributed by atoms with van der Waals surface area (Å²) in [6, 6.07) is 0. The van der Waals surface area contributed by atoms with E-state index < -0.39 is 0 Å². The average Bonchev–Trinajstić information content (AvgIpc) is 2.44. The van der Waals surface area contributed by atoms with Gasteiger partial charge in [-0.05, 0) is 20.3 Å². The predicted molar refractivity (Wildman–Crippen MR) is 84.1 cm³/mol. The molecule has 23 heavy (non-hydrogen) atoms. The van der Waals surface area contributed by atoms with Crippen molar-refractivity contribution in [3.63, 3.8) is 0 Å². The molecule has 0 aromatic heterocycles. The quantitative estimate of drug-likeness (QED) is 0.581. The Bertz CT molecular complexity index is 458. The van der Waals surface area contributed by atoms with E-state index in [-0.39, 0.29) is 42.4 Å². The third-order valence-corrected chi connectivity index (χ3v) is 3.57. The van der Waals surface area contributed by atoms with Crippen LogP contribution in [0.5, 0.6) is 0 Å². The van der Waals surface area contributed by atoms with Crippen molar-refractivity contribution in [1.82, 2.24) is 20.7 Å². The molecule has 0 spiro atoms. The van der Waals surface area contributed by atoms with Crippen molar-refractivity contribution in [3.05, 3.63) is 0 Å². The van der Waals surface area contributed by atoms with Crippen LogP contribution in [-0.2, 0) is 19.2 Å². The average molecular weight is 326 g/mol. The Morgan fingerprint density at radius 1 is 0.913 bits per heavy atom. The number of amides is 2. The lowest BCUT2D eigenvalue weighted by Crippen LogP contribution is -2.59. The molecule has 1 aliphatic heterocycles. The van der Waals surface area contributed by atoms with Gasteiger partial charge in [0.1, 0.15) is 11.6 Å². The van der Waals surface area contributed by atoms with Gasteiger partial charge in [-0.1, -0.05) is 6.92 Å². The molecule has 0 aromatic carbocycles. The lowest BCUT2D eigenvalue weighted by molar-refractivity contribution is -0.131. The van der Waals surface area contributed by atoms with Gasteiger partial charge in [-0.3, -0.25) is 29.5 Å². The Morgan fingerprint density at radius 3 is 1.91 bits per heavy atom. The number of hydrogen-bond acceptors (Lipinski definition) is 6. The first-order valence-corrected chi connectivity index (χ1v) is 7.88. The monoisotopic (exact) mass is 326 g/mol. The third kappa shape index (κ3) is 7.34. The Morgan fingerprint density at radius 2 is 1.43 bits per heavy atom. The fraction of sp³-hybridized carbons (Fsp3) is 0.733. The van der Waals surface area contributed by atoms with Crippen LogP contribution in [0.15, 0.2) is 0 Å². The molecule has 1 unspecified atom stereocenters. The van der Waals surface area contributed by atoms with Gasteiger partial charge in [0.2, 0.25) is 11.8 Å². The second-order valence-electron chi connectivity index (χ2n) is 5.81. The SMILES string of the molecule is CCC(NC(=O)CC(C)=O)N1CCN(NC(=O)CC(C)=O)CC1. The molecule has 1 heterocycles. The van der Waals surface area contributed by atoms with Gasteiger partial charge in [-0.2, -0.15) is 0 Å². The van der Waals surface area contributed by atoms with Crippen LogP contribution in [0.2, 0.25) is 0 Å². The number of carbonyl (C=O) groups excluding carboxylic acids is 4. The Kier molecular flexibility index (Phi) is 7.84. The summed E-state index contributed by atoms with van der Waals surface area (Å²) in [7, 11) is 0. The van der Waals surface area contributed by atoms with E-state index in [1.807, 2.05) is 6.92 Å². The summed E-state index contributed by atoms with van der Waals surface area (Å²) in [5.74, 6) is -0.884. The first kappa shape index (κ1) is 19.2. The topological polar surface area (TPSA) is 98.8 Å². The molecule has 0 radical (unpaired) electrons. The molecule has 130 valence electrons. The van der Waals surface area contributed by atoms with E-state index in [2.05, 4.69) is 15.6 Å². The first-order valence-electron chi connectivity index (χ1n) is 7.88. The van der Waals surface area contributed by atoms with Crippen LogP contribution in [0.4, 0.5) is 0 Å². The van der Waals surface area contributed by atoms with Gasteiger partial charge >= 0.3 is 0 Å². The minimum Gasteiger partial charge on any atom is -0.340 e. The largest absolute Gasteiger partial charge is 0.340 e. The molecule has 0 aliphatic carbocycles. The molecule has 8 heteroatoms. The number of hydrogen-bond donors (Lipinski definition) is 2. The van der Waals surface area contributed by atoms with E-state index in [0.29, 0.717) is 26.2 Å². The zero-order valence-electron chi connectivity index (χ0n) is 14.1. The molecule has 8 nitrogen and oxygen atoms in total. The van der Waals surface area contributed by atoms with Crippen molar-refractivity contribution in [3.8, 4) is 0 Å². The maximum Gasteiger partial charge on any atom is 0.241 e. The fourth-order valence-corrected chi connectivity index (χ4v) is 2.50. The second kappa shape index (κ2) is 9.36. The normalized spacial score (nSPS) is 17.3. The number of rotatable bonds is 8. The Hall–Kier alpha value is -1.80. The van der Waals surface area contributed by atoms with Crippen molar-refractivity contribution in [1.29, 1.82) is 0 Å². The summed E-state index contributed by atoms with van der Waals surface area (Å²) in [5.41, 5.74) is 2.71. The maximum absolute atomic E-state index is 11.7. The molecule has 0 bridgehead atoms. The van der Waals surface area contributed by atoms with Gasteiger partial charge in [-0.15, -0.1) is 0 Å². The molecule has 0 aromatic rings. The van der Waals surface area contributed by atoms with Crippen molar-refractivity contribution < 1.29 is 19.2 Å². The standard InChI is InChI=1S/C15H26N4O4/c1-4-13(16-14(22)9-11(2)20)18-5-7-19(8-6-18)17-15(23)10-12(3)21/h13H,4-10H2,1-3H3,(H,16,22)(H,17,23). The minimum atomic E-state index is -0.298. The molecule has 1 fully saturated rings. The van der Waals surface area contributed by atoms with Crippen molar-refractivity contribution in [2.45, 2.75) is 46.2 Å². The number of nitrogens with one attached hydrogen (secondary N) is 2. The summed E-state index contributed by atoms with van der Waals surface area (Å²) in [6.45, 7) is 7.33. The van der Waals surface area contributed by atoms with Crippen LogP contribution < -0.4 is 10.7 Å². The molecule has 1 atom stereocenters. The van der Waals surface area contributed by atoms with Crippen LogP contribution in [-0.4, -0.2) is 65.6 Å². The molecule has 1 saturated heterocycles. The van der Waals surface area contributed by atoms with E-state index in [1.165, 1.54) is 13.8 Å². The van der Waals surface area contributed by atoms with Crippen LogP contribution in [0.1, 0.15) is 40.0 Å². The number of hydrazine groups is 1. The van der Waals surface area contributed by atoms with Crippen molar-refractivity contribution >= 4 is 23.4 Å². The number of Topliss-reactive ketones (excluding diaryl/α,β-unsaturated/α-hetero) is 2. The van der Waals surface area contributed by atoms with Gasteiger partial charge in [0.25, 0.3) is 0 Å². The van der Waals surface area contributed by atoms with E-state index in [0.717, 1.165) is 6.42 Å². The van der Waals surface area contributed by atoms with Crippen LogP contribution in [0.3, 0.4) is 0 Å². The summed E-state index contributed by atoms with van der Waals surface area (Å²) in [5, 5.41) is 4.65. The summed E-state index contributed by atoms with van der Waals surface area (Å²) in [6.07, 6.45) is 0.411. The molecular weight excluding hydrogens is 300 g/mol. The highest BCUT2D eigenvalue weighted by atomic mass is 16.2. The minimum absolute atomic E-state index is 0.0996. The van der Waals surface area contributed by atoms with Gasteiger partial charge in [-0.25, -0.2) is 5.01 Å². The smallest absolute Gasteiger partial charge is 0.241 e. The van der Waals surface area contributed by atoms with Gasteiger partial charge in [0, 0.05) is 26.2 Å². The highest BCUT2D eigenvalue weighted by Crippen LogP contribution is 2.07. The molecule has 2 N–H and O–H groups in total. The van der Waals surface area contributed by atoms with E-state index in [4.69, 9.17) is 0 Å². The molecular formula is C15H26N4O4. The first-order chi connectivity index (χ1) is 10.8. The van der Waals surface area contributed by atoms with E-state index >= 15 is 0 Å². The molecule has 1 aliphatic rings. The van der Waals surface area contributed by atoms with E-state index in [1.54, 1.807) is 5.01 Å². The highest BCUT2D eigenvalue weighted by Gasteiger charge is 2.25.